The van der Waals surface area contributed by atoms with Gasteiger partial charge in [-0.3, -0.25) is 4.79 Å². The lowest BCUT2D eigenvalue weighted by Gasteiger charge is -2.01. The zero-order chi connectivity index (χ0) is 9.35. The molecule has 12 heavy (non-hydrogen) atoms. The van der Waals surface area contributed by atoms with Crippen molar-refractivity contribution in [3.63, 3.8) is 0 Å². The largest absolute Gasteiger partial charge is 0.383 e. The topological polar surface area (TPSA) is 32.8 Å². The van der Waals surface area contributed by atoms with Crippen LogP contribution in [0, 0.1) is 0 Å². The SMILES string of the molecule is CN(C)/C=C/C(=O)C1OC1(C)C. The summed E-state index contributed by atoms with van der Waals surface area (Å²) in [5.41, 5.74) is -0.242. The van der Waals surface area contributed by atoms with Gasteiger partial charge in [-0.15, -0.1) is 0 Å². The number of carbonyl (C=O) groups is 1. The molecule has 0 aromatic rings. The summed E-state index contributed by atoms with van der Waals surface area (Å²) < 4.78 is 5.18. The molecule has 68 valence electrons. The van der Waals surface area contributed by atoms with Gasteiger partial charge in [-0.2, -0.15) is 0 Å². The van der Waals surface area contributed by atoms with Crippen molar-refractivity contribution in [1.82, 2.24) is 4.90 Å². The molecule has 1 atom stereocenters. The molecule has 1 rings (SSSR count). The maximum Gasteiger partial charge on any atom is 0.188 e. The maximum atomic E-state index is 11.3. The highest BCUT2D eigenvalue weighted by Crippen LogP contribution is 2.35. The minimum atomic E-state index is -0.242. The monoisotopic (exact) mass is 169 g/mol. The number of hydrogen-bond acceptors (Lipinski definition) is 3. The van der Waals surface area contributed by atoms with Crippen LogP contribution in [0.4, 0.5) is 0 Å². The highest BCUT2D eigenvalue weighted by molar-refractivity contribution is 5.96. The molecule has 0 radical (unpaired) electrons. The second-order valence-electron chi connectivity index (χ2n) is 3.78. The van der Waals surface area contributed by atoms with Crippen LogP contribution in [0.3, 0.4) is 0 Å². The van der Waals surface area contributed by atoms with E-state index in [0.29, 0.717) is 0 Å². The van der Waals surface area contributed by atoms with Crippen molar-refractivity contribution in [2.75, 3.05) is 14.1 Å². The molecule has 1 aliphatic rings. The summed E-state index contributed by atoms with van der Waals surface area (Å²) in [5.74, 6) is 0.0497. The summed E-state index contributed by atoms with van der Waals surface area (Å²) in [6.07, 6.45) is 3.06. The smallest absolute Gasteiger partial charge is 0.188 e. The molecule has 1 aliphatic heterocycles. The van der Waals surface area contributed by atoms with Crippen LogP contribution in [-0.2, 0) is 9.53 Å². The fourth-order valence-electron chi connectivity index (χ4n) is 0.980. The molecule has 0 spiro atoms. The van der Waals surface area contributed by atoms with E-state index in [1.807, 2.05) is 32.8 Å². The highest BCUT2D eigenvalue weighted by Gasteiger charge is 2.51. The van der Waals surface area contributed by atoms with E-state index in [1.165, 1.54) is 0 Å². The maximum absolute atomic E-state index is 11.3. The van der Waals surface area contributed by atoms with Gasteiger partial charge in [0.25, 0.3) is 0 Å². The van der Waals surface area contributed by atoms with Crippen LogP contribution < -0.4 is 0 Å². The number of nitrogens with zero attached hydrogens (tertiary/aromatic N) is 1. The molecular weight excluding hydrogens is 154 g/mol. The lowest BCUT2D eigenvalue weighted by atomic mass is 10.1. The average molecular weight is 169 g/mol. The molecule has 0 aliphatic carbocycles. The van der Waals surface area contributed by atoms with Gasteiger partial charge in [-0.25, -0.2) is 0 Å². The minimum absolute atomic E-state index is 0.0497. The van der Waals surface area contributed by atoms with Gasteiger partial charge in [0.1, 0.15) is 6.10 Å². The average Bonchev–Trinajstić information content (AvgIpc) is 2.55. The highest BCUT2D eigenvalue weighted by atomic mass is 16.6. The fourth-order valence-corrected chi connectivity index (χ4v) is 0.980. The second kappa shape index (κ2) is 2.90. The van der Waals surface area contributed by atoms with E-state index in [-0.39, 0.29) is 17.5 Å². The van der Waals surface area contributed by atoms with Gasteiger partial charge in [-0.1, -0.05) is 0 Å². The van der Waals surface area contributed by atoms with Crippen molar-refractivity contribution in [1.29, 1.82) is 0 Å². The number of rotatable bonds is 3. The molecule has 0 aromatic heterocycles. The van der Waals surface area contributed by atoms with Crippen molar-refractivity contribution in [3.05, 3.63) is 12.3 Å². The minimum Gasteiger partial charge on any atom is -0.383 e. The summed E-state index contributed by atoms with van der Waals surface area (Å²) in [5, 5.41) is 0. The Balaban J connectivity index is 2.42. The van der Waals surface area contributed by atoms with E-state index in [9.17, 15) is 4.79 Å². The van der Waals surface area contributed by atoms with E-state index < -0.39 is 0 Å². The summed E-state index contributed by atoms with van der Waals surface area (Å²) in [4.78, 5) is 13.1. The number of hydrogen-bond donors (Lipinski definition) is 0. The molecule has 1 heterocycles. The van der Waals surface area contributed by atoms with Crippen LogP contribution in [0.15, 0.2) is 12.3 Å². The lowest BCUT2D eigenvalue weighted by Crippen LogP contribution is -2.13. The van der Waals surface area contributed by atoms with E-state index >= 15 is 0 Å². The molecule has 0 amide bonds. The van der Waals surface area contributed by atoms with Gasteiger partial charge in [0, 0.05) is 20.3 Å². The molecule has 1 fully saturated rings. The quantitative estimate of drug-likeness (QED) is 0.463. The normalized spacial score (nSPS) is 25.8. The van der Waals surface area contributed by atoms with Crippen LogP contribution in [0.2, 0.25) is 0 Å². The number of ketones is 1. The molecule has 3 heteroatoms. The van der Waals surface area contributed by atoms with E-state index in [2.05, 4.69) is 0 Å². The third-order valence-corrected chi connectivity index (χ3v) is 1.79. The third kappa shape index (κ3) is 2.08. The standard InChI is InChI=1S/C9H15NO2/c1-9(2)8(12-9)7(11)5-6-10(3)4/h5-6,8H,1-4H3/b6-5+. The van der Waals surface area contributed by atoms with Crippen LogP contribution in [-0.4, -0.2) is 36.5 Å². The molecule has 0 aromatic carbocycles. The zero-order valence-corrected chi connectivity index (χ0v) is 8.00. The van der Waals surface area contributed by atoms with Crippen LogP contribution in [0.5, 0.6) is 0 Å². The van der Waals surface area contributed by atoms with Crippen molar-refractivity contribution < 1.29 is 9.53 Å². The van der Waals surface area contributed by atoms with E-state index in [4.69, 9.17) is 4.74 Å². The summed E-state index contributed by atoms with van der Waals surface area (Å²) in [7, 11) is 3.76. The van der Waals surface area contributed by atoms with Crippen molar-refractivity contribution in [3.8, 4) is 0 Å². The van der Waals surface area contributed by atoms with Gasteiger partial charge < -0.3 is 9.64 Å². The molecule has 0 saturated carbocycles. The Morgan fingerprint density at radius 1 is 1.50 bits per heavy atom. The van der Waals surface area contributed by atoms with E-state index in [0.717, 1.165) is 0 Å². The van der Waals surface area contributed by atoms with Crippen LogP contribution >= 0.6 is 0 Å². The Morgan fingerprint density at radius 2 is 2.00 bits per heavy atom. The summed E-state index contributed by atoms with van der Waals surface area (Å²) in [6.45, 7) is 3.83. The number of epoxide rings is 1. The zero-order valence-electron chi connectivity index (χ0n) is 8.00. The van der Waals surface area contributed by atoms with Crippen molar-refractivity contribution >= 4 is 5.78 Å². The molecule has 0 bridgehead atoms. The predicted octanol–water partition coefficient (Wildman–Crippen LogP) is 0.808. The second-order valence-corrected chi connectivity index (χ2v) is 3.78. The van der Waals surface area contributed by atoms with Crippen molar-refractivity contribution in [2.24, 2.45) is 0 Å². The lowest BCUT2D eigenvalue weighted by molar-refractivity contribution is -0.115. The Bertz CT molecular complexity index is 219. The predicted molar refractivity (Wildman–Crippen MR) is 46.8 cm³/mol. The first-order chi connectivity index (χ1) is 5.43. The fraction of sp³-hybridized carbons (Fsp3) is 0.667. The van der Waals surface area contributed by atoms with Crippen LogP contribution in [0.25, 0.3) is 0 Å². The molecule has 0 N–H and O–H groups in total. The molecular formula is C9H15NO2. The Morgan fingerprint density at radius 3 is 2.33 bits per heavy atom. The van der Waals surface area contributed by atoms with Gasteiger partial charge in [0.05, 0.1) is 5.60 Å². The first-order valence-electron chi connectivity index (χ1n) is 4.00. The summed E-state index contributed by atoms with van der Waals surface area (Å²) >= 11 is 0. The Labute approximate surface area is 73.0 Å². The number of ether oxygens (including phenoxy) is 1. The Kier molecular flexibility index (Phi) is 2.24. The number of carbonyl (C=O) groups excluding carboxylic acids is 1. The van der Waals surface area contributed by atoms with Gasteiger partial charge in [0.15, 0.2) is 5.78 Å². The Hall–Kier alpha value is -0.830. The van der Waals surface area contributed by atoms with Crippen molar-refractivity contribution in [2.45, 2.75) is 25.6 Å². The molecule has 1 saturated heterocycles. The third-order valence-electron chi connectivity index (χ3n) is 1.79. The first-order valence-corrected chi connectivity index (χ1v) is 4.00. The van der Waals surface area contributed by atoms with E-state index in [1.54, 1.807) is 12.3 Å². The van der Waals surface area contributed by atoms with Crippen LogP contribution in [0.1, 0.15) is 13.8 Å². The van der Waals surface area contributed by atoms with Gasteiger partial charge in [0.2, 0.25) is 0 Å². The van der Waals surface area contributed by atoms with Gasteiger partial charge in [-0.05, 0) is 19.9 Å². The first kappa shape index (κ1) is 9.26. The molecule has 3 nitrogen and oxygen atoms in total. The van der Waals surface area contributed by atoms with Gasteiger partial charge >= 0.3 is 0 Å². The molecule has 1 unspecified atom stereocenters. The summed E-state index contributed by atoms with van der Waals surface area (Å²) in [6, 6.07) is 0.